The number of ether oxygens (including phenoxy) is 2. The summed E-state index contributed by atoms with van der Waals surface area (Å²) in [6, 6.07) is 8.36. The number of nitrogens with zero attached hydrogens (tertiary/aromatic N) is 4. The maximum Gasteiger partial charge on any atom is 0.293 e. The molecule has 2 fully saturated rings. The van der Waals surface area contributed by atoms with Crippen LogP contribution in [-0.4, -0.2) is 110 Å². The molecule has 7 atom stereocenters. The lowest BCUT2D eigenvalue weighted by atomic mass is 9.81. The molecule has 0 radical (unpaired) electrons. The van der Waals surface area contributed by atoms with Crippen molar-refractivity contribution < 1.29 is 90.0 Å². The number of aryl methyl sites for hydroxylation is 2. The zero-order valence-electron chi connectivity index (χ0n) is 38.9. The number of nitrogens with two attached hydrogens (primary N) is 1. The fourth-order valence-corrected chi connectivity index (χ4v) is 10.3. The van der Waals surface area contributed by atoms with E-state index in [0.717, 1.165) is 67.7 Å². The Kier molecular flexibility index (Phi) is 19.2. The van der Waals surface area contributed by atoms with Crippen molar-refractivity contribution >= 4 is 64.5 Å². The number of hydrogen-bond donors (Lipinski definition) is 5. The number of nitrogen functional groups attached to an aromatic ring is 1. The first-order chi connectivity index (χ1) is 32.7. The predicted molar refractivity (Wildman–Crippen MR) is 236 cm³/mol. The second-order valence-electron chi connectivity index (χ2n) is 18.5. The molecule has 3 heterocycles. The van der Waals surface area contributed by atoms with Gasteiger partial charge in [-0.2, -0.15) is 0 Å². The quantitative estimate of drug-likeness (QED) is 0.0430. The highest BCUT2D eigenvalue weighted by atomic mass is 31.3. The van der Waals surface area contributed by atoms with Crippen LogP contribution >= 0.6 is 23.5 Å². The van der Waals surface area contributed by atoms with Crippen molar-refractivity contribution in [1.82, 2.24) is 30.2 Å². The van der Waals surface area contributed by atoms with Crippen LogP contribution in [0.3, 0.4) is 0 Å². The van der Waals surface area contributed by atoms with Gasteiger partial charge < -0.3 is 73.8 Å². The molecule has 7 unspecified atom stereocenters. The average Bonchev–Trinajstić information content (AvgIpc) is 3.79. The molecule has 1 aliphatic carbocycles. The van der Waals surface area contributed by atoms with E-state index in [1.165, 1.54) is 19.4 Å². The normalized spacial score (nSPS) is 21.3. The molecule has 1 saturated heterocycles. The van der Waals surface area contributed by atoms with Gasteiger partial charge in [-0.25, -0.2) is 19.3 Å². The van der Waals surface area contributed by atoms with Crippen molar-refractivity contribution in [3.8, 4) is 0 Å². The van der Waals surface area contributed by atoms with E-state index in [1.54, 1.807) is 0 Å². The minimum atomic E-state index is -5.94. The Balaban J connectivity index is 0.980. The molecular weight excluding hydrogens is 987 g/mol. The molecule has 1 aliphatic heterocycles. The fourth-order valence-electron chi connectivity index (χ4n) is 7.60. The molecule has 5 rings (SSSR count). The van der Waals surface area contributed by atoms with Gasteiger partial charge in [-0.05, 0) is 62.5 Å². The monoisotopic (exact) mass is 1050 g/mol. The van der Waals surface area contributed by atoms with E-state index in [0.29, 0.717) is 12.9 Å². The van der Waals surface area contributed by atoms with E-state index in [9.17, 15) is 62.7 Å². The third-order valence-corrected chi connectivity index (χ3v) is 15.0. The maximum absolute atomic E-state index is 13.0. The van der Waals surface area contributed by atoms with Crippen LogP contribution in [0.1, 0.15) is 96.4 Å². The van der Waals surface area contributed by atoms with E-state index in [1.807, 2.05) is 13.8 Å². The Labute approximate surface area is 402 Å². The average molecular weight is 1050 g/mol. The summed E-state index contributed by atoms with van der Waals surface area (Å²) in [4.78, 5) is 109. The van der Waals surface area contributed by atoms with Crippen LogP contribution in [0.4, 0.5) is 5.82 Å². The highest BCUT2D eigenvalue weighted by molar-refractivity contribution is 7.59. The number of phosphoric ester groups is 3. The van der Waals surface area contributed by atoms with E-state index in [2.05, 4.69) is 67.7 Å². The number of aliphatic hydroxyl groups is 2. The summed E-state index contributed by atoms with van der Waals surface area (Å²) < 4.78 is 66.1. The molecule has 2 aromatic heterocycles. The van der Waals surface area contributed by atoms with Crippen LogP contribution in [0.5, 0.6) is 0 Å². The zero-order valence-corrected chi connectivity index (χ0v) is 41.6. The number of fused-ring (bicyclic) bond motifs is 1. The Morgan fingerprint density at radius 2 is 1.59 bits per heavy atom. The zero-order chi connectivity index (χ0) is 51.7. The molecule has 0 bridgehead atoms. The first-order valence-corrected chi connectivity index (χ1v) is 26.6. The van der Waals surface area contributed by atoms with Crippen molar-refractivity contribution in [2.75, 3.05) is 32.0 Å². The minimum Gasteiger partial charge on any atom is -0.790 e. The van der Waals surface area contributed by atoms with Gasteiger partial charge in [0.15, 0.2) is 17.7 Å². The van der Waals surface area contributed by atoms with Crippen LogP contribution < -0.4 is 35.9 Å². The van der Waals surface area contributed by atoms with Crippen LogP contribution in [0.2, 0.25) is 0 Å². The van der Waals surface area contributed by atoms with Gasteiger partial charge in [0, 0.05) is 36.8 Å². The lowest BCUT2D eigenvalue weighted by Crippen LogP contribution is -2.46. The molecule has 2 amide bonds. The topological polar surface area (TPSA) is 401 Å². The van der Waals surface area contributed by atoms with Crippen LogP contribution in [0, 0.1) is 10.8 Å². The molecule has 2 aliphatic rings. The van der Waals surface area contributed by atoms with E-state index in [-0.39, 0.29) is 54.3 Å². The molecule has 6 N–H and O–H groups in total. The fraction of sp³-hybridized carbons (Fsp3) is 0.634. The number of rotatable bonds is 30. The van der Waals surface area contributed by atoms with E-state index in [4.69, 9.17) is 15.2 Å². The van der Waals surface area contributed by atoms with Gasteiger partial charge in [-0.1, -0.05) is 52.0 Å². The van der Waals surface area contributed by atoms with E-state index >= 15 is 0 Å². The number of carbonyl (C=O) groups is 4. The number of ketones is 1. The summed E-state index contributed by atoms with van der Waals surface area (Å²) in [6.07, 6.45) is -0.904. The van der Waals surface area contributed by atoms with Gasteiger partial charge in [-0.3, -0.25) is 32.9 Å². The molecule has 29 heteroatoms. The molecule has 1 aromatic carbocycles. The van der Waals surface area contributed by atoms with Crippen LogP contribution in [0.25, 0.3) is 11.2 Å². The SMILES string of the molecule is CC(C)(CCCc1ccc(CCCC2(OC=O)CC2)cc1)C(=O)CCNC(=O)CCNC(=O)C(O)C(C)(C)COP(=O)([O-])OP(=O)([O-])OCC1OC(n2cnc3c(N)ncnc32)C(O)C1OP(=O)([O-])[O-]. The van der Waals surface area contributed by atoms with Crippen molar-refractivity contribution in [1.29, 1.82) is 0 Å². The molecule has 3 aromatic rings. The summed E-state index contributed by atoms with van der Waals surface area (Å²) in [5.74, 6) is -1.65. The van der Waals surface area contributed by atoms with E-state index < -0.39 is 90.0 Å². The van der Waals surface area contributed by atoms with Crippen molar-refractivity contribution in [2.24, 2.45) is 10.8 Å². The summed E-state index contributed by atoms with van der Waals surface area (Å²) in [6.45, 7) is 4.14. The Hall–Kier alpha value is -4.10. The minimum absolute atomic E-state index is 0.0262. The Morgan fingerprint density at radius 3 is 2.21 bits per heavy atom. The van der Waals surface area contributed by atoms with Gasteiger partial charge >= 0.3 is 0 Å². The highest BCUT2D eigenvalue weighted by Crippen LogP contribution is 2.56. The molecular formula is C41H58N7O19P3-4. The number of benzene rings is 1. The van der Waals surface area contributed by atoms with Crippen molar-refractivity contribution in [3.63, 3.8) is 0 Å². The Bertz CT molecular complexity index is 2450. The molecule has 0 spiro atoms. The number of aromatic nitrogens is 4. The van der Waals surface area contributed by atoms with Gasteiger partial charge in [-0.15, -0.1) is 0 Å². The molecule has 1 saturated carbocycles. The van der Waals surface area contributed by atoms with Gasteiger partial charge in [0.2, 0.25) is 11.8 Å². The maximum atomic E-state index is 13.0. The number of carbonyl (C=O) groups excluding carboxylic acids is 4. The third kappa shape index (κ3) is 16.5. The van der Waals surface area contributed by atoms with Crippen molar-refractivity contribution in [3.05, 3.63) is 48.0 Å². The molecule has 26 nitrogen and oxygen atoms in total. The second-order valence-corrected chi connectivity index (χ2v) is 22.5. The van der Waals surface area contributed by atoms with Gasteiger partial charge in [0.25, 0.3) is 22.1 Å². The molecule has 390 valence electrons. The van der Waals surface area contributed by atoms with Gasteiger partial charge in [0.05, 0.1) is 27.4 Å². The van der Waals surface area contributed by atoms with Crippen LogP contribution in [0.15, 0.2) is 36.9 Å². The largest absolute Gasteiger partial charge is 0.790 e. The summed E-state index contributed by atoms with van der Waals surface area (Å²) >= 11 is 0. The number of aliphatic hydroxyl groups excluding tert-OH is 2. The predicted octanol–water partition coefficient (Wildman–Crippen LogP) is -0.0865. The smallest absolute Gasteiger partial charge is 0.293 e. The summed E-state index contributed by atoms with van der Waals surface area (Å²) in [5, 5.41) is 26.5. The first kappa shape index (κ1) is 56.8. The lowest BCUT2D eigenvalue weighted by molar-refractivity contribution is -0.347. The highest BCUT2D eigenvalue weighted by Gasteiger charge is 2.48. The first-order valence-electron chi connectivity index (χ1n) is 22.2. The lowest BCUT2D eigenvalue weighted by Gasteiger charge is -2.36. The standard InChI is InChI=1S/C41H62N7O19P3/c1-39(2,15-5-7-26-9-11-27(12-10-26)8-6-16-41(17-18-41)62-25-49)29(50)13-19-43-30(51)14-20-44-37(54)34(53)40(3,4)22-64-70(60,61)67-69(58,59)63-21-28-33(66-68(55,56)57)32(52)38(65-28)48-24-47-31-35(42)45-23-46-36(31)48/h9-12,23-25,28,32-34,38,52-53H,5-8,13-22H2,1-4H3,(H,43,51)(H,44,54)(H,58,59)(H,60,61)(H2,42,45,46)(H2,55,56,57)/p-4. The van der Waals surface area contributed by atoms with Crippen LogP contribution in [-0.2, 0) is 73.1 Å². The third-order valence-electron chi connectivity index (χ3n) is 12.0. The number of hydrogen-bond acceptors (Lipinski definition) is 23. The number of imidazole rings is 1. The number of Topliss-reactive ketones (excluding diaryl/α,β-unsaturated/α-hetero) is 1. The number of anilines is 1. The number of nitrogens with one attached hydrogen (secondary N) is 2. The summed E-state index contributed by atoms with van der Waals surface area (Å²) in [5.41, 5.74) is 5.52. The molecule has 70 heavy (non-hydrogen) atoms. The van der Waals surface area contributed by atoms with Gasteiger partial charge in [0.1, 0.15) is 47.6 Å². The second kappa shape index (κ2) is 23.6. The summed E-state index contributed by atoms with van der Waals surface area (Å²) in [7, 11) is -17.7. The number of amides is 2. The Morgan fingerprint density at radius 1 is 0.957 bits per heavy atom. The number of phosphoric acid groups is 3. The van der Waals surface area contributed by atoms with Crippen molar-refractivity contribution in [2.45, 2.75) is 128 Å².